The van der Waals surface area contributed by atoms with Gasteiger partial charge in [-0.2, -0.15) is 0 Å². The summed E-state index contributed by atoms with van der Waals surface area (Å²) < 4.78 is 32.9. The van der Waals surface area contributed by atoms with Gasteiger partial charge in [0, 0.05) is 43.6 Å². The molecule has 4 rings (SSSR count). The molecular formula is C20H19F2N3O. The summed E-state index contributed by atoms with van der Waals surface area (Å²) in [4.78, 5) is 0. The van der Waals surface area contributed by atoms with Gasteiger partial charge in [-0.3, -0.25) is 5.01 Å². The number of hydrazine groups is 1. The molecule has 4 nitrogen and oxygen atoms in total. The lowest BCUT2D eigenvalue weighted by Gasteiger charge is -2.25. The standard InChI is InChI=1S/C20H19F2N3O/c21-15-10-16(22)12-18(11-15)26-20-5-7-23-13-14-9-17(3-4-19(14)20)25-8-2-1-6-24-25/h1-4,6,8-12,20,23-24H,5,7,13H2. The van der Waals surface area contributed by atoms with E-state index in [1.54, 1.807) is 0 Å². The van der Waals surface area contributed by atoms with Gasteiger partial charge in [0.1, 0.15) is 23.5 Å². The summed E-state index contributed by atoms with van der Waals surface area (Å²) in [6.45, 7) is 1.48. The molecule has 0 amide bonds. The van der Waals surface area contributed by atoms with Gasteiger partial charge in [0.2, 0.25) is 0 Å². The van der Waals surface area contributed by atoms with E-state index in [0.29, 0.717) is 6.54 Å². The van der Waals surface area contributed by atoms with Gasteiger partial charge in [-0.15, -0.1) is 0 Å². The number of nitrogens with zero attached hydrogens (tertiary/aromatic N) is 1. The summed E-state index contributed by atoms with van der Waals surface area (Å²) in [5.41, 5.74) is 6.29. The van der Waals surface area contributed by atoms with E-state index < -0.39 is 11.6 Å². The van der Waals surface area contributed by atoms with Crippen molar-refractivity contribution in [3.05, 3.63) is 83.7 Å². The van der Waals surface area contributed by atoms with Crippen molar-refractivity contribution in [3.8, 4) is 5.75 Å². The Morgan fingerprint density at radius 1 is 1.04 bits per heavy atom. The third-order valence-electron chi connectivity index (χ3n) is 4.42. The molecule has 2 heterocycles. The number of rotatable bonds is 3. The van der Waals surface area contributed by atoms with Crippen LogP contribution in [0.2, 0.25) is 0 Å². The van der Waals surface area contributed by atoms with Crippen LogP contribution in [0.3, 0.4) is 0 Å². The van der Waals surface area contributed by atoms with Crippen molar-refractivity contribution in [3.63, 3.8) is 0 Å². The molecule has 0 radical (unpaired) electrons. The zero-order chi connectivity index (χ0) is 17.9. The number of halogens is 2. The lowest BCUT2D eigenvalue weighted by molar-refractivity contribution is 0.196. The molecule has 1 atom stereocenters. The zero-order valence-electron chi connectivity index (χ0n) is 14.1. The number of fused-ring (bicyclic) bond motifs is 1. The van der Waals surface area contributed by atoms with E-state index in [1.165, 1.54) is 12.1 Å². The van der Waals surface area contributed by atoms with Gasteiger partial charge in [-0.25, -0.2) is 8.78 Å². The largest absolute Gasteiger partial charge is 0.485 e. The van der Waals surface area contributed by atoms with Crippen molar-refractivity contribution in [1.82, 2.24) is 10.7 Å². The maximum atomic E-state index is 13.5. The highest BCUT2D eigenvalue weighted by Gasteiger charge is 2.21. The van der Waals surface area contributed by atoms with Crippen LogP contribution < -0.4 is 20.5 Å². The molecule has 0 saturated heterocycles. The predicted octanol–water partition coefficient (Wildman–Crippen LogP) is 3.93. The van der Waals surface area contributed by atoms with E-state index in [0.717, 1.165) is 35.8 Å². The predicted molar refractivity (Wildman–Crippen MR) is 96.4 cm³/mol. The summed E-state index contributed by atoms with van der Waals surface area (Å²) in [7, 11) is 0. The van der Waals surface area contributed by atoms with E-state index in [-0.39, 0.29) is 11.9 Å². The quantitative estimate of drug-likeness (QED) is 0.875. The molecule has 2 aromatic carbocycles. The molecule has 2 aliphatic heterocycles. The minimum absolute atomic E-state index is 0.204. The van der Waals surface area contributed by atoms with Gasteiger partial charge >= 0.3 is 0 Å². The second kappa shape index (κ2) is 7.17. The number of anilines is 1. The second-order valence-corrected chi connectivity index (χ2v) is 6.26. The molecule has 134 valence electrons. The summed E-state index contributed by atoms with van der Waals surface area (Å²) in [5.74, 6) is -1.08. The lowest BCUT2D eigenvalue weighted by Crippen LogP contribution is -2.30. The van der Waals surface area contributed by atoms with Gasteiger partial charge in [-0.1, -0.05) is 6.07 Å². The fourth-order valence-electron chi connectivity index (χ4n) is 3.22. The van der Waals surface area contributed by atoms with E-state index in [9.17, 15) is 8.78 Å². The highest BCUT2D eigenvalue weighted by Crippen LogP contribution is 2.32. The van der Waals surface area contributed by atoms with Crippen LogP contribution in [0.4, 0.5) is 14.5 Å². The Hall–Kier alpha value is -2.86. The minimum atomic E-state index is -0.640. The molecule has 2 aliphatic rings. The molecule has 0 bridgehead atoms. The second-order valence-electron chi connectivity index (χ2n) is 6.26. The minimum Gasteiger partial charge on any atom is -0.485 e. The molecule has 6 heteroatoms. The molecule has 0 fully saturated rings. The fraction of sp³-hybridized carbons (Fsp3) is 0.200. The average molecular weight is 355 g/mol. The summed E-state index contributed by atoms with van der Waals surface area (Å²) in [6, 6.07) is 9.38. The maximum Gasteiger partial charge on any atom is 0.129 e. The molecule has 2 N–H and O–H groups in total. The highest BCUT2D eigenvalue weighted by atomic mass is 19.1. The average Bonchev–Trinajstić information content (AvgIpc) is 2.83. The molecule has 1 unspecified atom stereocenters. The first kappa shape index (κ1) is 16.6. The van der Waals surface area contributed by atoms with Crippen molar-refractivity contribution in [2.75, 3.05) is 11.6 Å². The molecule has 26 heavy (non-hydrogen) atoms. The van der Waals surface area contributed by atoms with Crippen molar-refractivity contribution in [2.24, 2.45) is 0 Å². The van der Waals surface area contributed by atoms with Gasteiger partial charge in [0.05, 0.1) is 5.69 Å². The van der Waals surface area contributed by atoms with Crippen LogP contribution >= 0.6 is 0 Å². The first-order valence-corrected chi connectivity index (χ1v) is 8.54. The summed E-state index contributed by atoms with van der Waals surface area (Å²) in [5, 5.41) is 5.29. The van der Waals surface area contributed by atoms with E-state index in [2.05, 4.69) is 16.8 Å². The van der Waals surface area contributed by atoms with Crippen LogP contribution in [0.15, 0.2) is 61.0 Å². The smallest absolute Gasteiger partial charge is 0.129 e. The van der Waals surface area contributed by atoms with E-state index in [1.807, 2.05) is 41.7 Å². The first-order chi connectivity index (χ1) is 12.7. The van der Waals surface area contributed by atoms with E-state index in [4.69, 9.17) is 4.74 Å². The number of benzene rings is 2. The third-order valence-corrected chi connectivity index (χ3v) is 4.42. The molecule has 0 saturated carbocycles. The van der Waals surface area contributed by atoms with Crippen LogP contribution in [0.5, 0.6) is 5.75 Å². The van der Waals surface area contributed by atoms with Crippen molar-refractivity contribution in [1.29, 1.82) is 0 Å². The lowest BCUT2D eigenvalue weighted by atomic mass is 10.0. The Balaban J connectivity index is 1.62. The maximum absolute atomic E-state index is 13.5. The molecule has 0 aliphatic carbocycles. The zero-order valence-corrected chi connectivity index (χ0v) is 14.1. The molecule has 2 aromatic rings. The molecule has 0 aromatic heterocycles. The Kier molecular flexibility index (Phi) is 4.58. The SMILES string of the molecule is Fc1cc(F)cc(OC2CCNCc3cc(N4C=CC=CN4)ccc32)c1. The van der Waals surface area contributed by atoms with Gasteiger partial charge < -0.3 is 15.5 Å². The van der Waals surface area contributed by atoms with Crippen molar-refractivity contribution in [2.45, 2.75) is 19.1 Å². The Morgan fingerprint density at radius 2 is 1.88 bits per heavy atom. The fourth-order valence-corrected chi connectivity index (χ4v) is 3.22. The monoisotopic (exact) mass is 355 g/mol. The van der Waals surface area contributed by atoms with Gasteiger partial charge in [-0.05, 0) is 42.0 Å². The summed E-state index contributed by atoms with van der Waals surface area (Å²) in [6.07, 6.45) is 8.12. The number of allylic oxidation sites excluding steroid dienone is 2. The number of hydrogen-bond donors (Lipinski definition) is 2. The van der Waals surface area contributed by atoms with Crippen LogP contribution in [0.25, 0.3) is 0 Å². The topological polar surface area (TPSA) is 36.5 Å². The van der Waals surface area contributed by atoms with Crippen molar-refractivity contribution >= 4 is 5.69 Å². The van der Waals surface area contributed by atoms with E-state index >= 15 is 0 Å². The Morgan fingerprint density at radius 3 is 2.65 bits per heavy atom. The van der Waals surface area contributed by atoms with Gasteiger partial charge in [0.25, 0.3) is 0 Å². The normalized spacial score (nSPS) is 18.8. The number of hydrogen-bond acceptors (Lipinski definition) is 4. The van der Waals surface area contributed by atoms with Crippen LogP contribution in [-0.4, -0.2) is 6.54 Å². The number of nitrogens with one attached hydrogen (secondary N) is 2. The Labute approximate surface area is 150 Å². The number of ether oxygens (including phenoxy) is 1. The van der Waals surface area contributed by atoms with Crippen LogP contribution in [0, 0.1) is 11.6 Å². The van der Waals surface area contributed by atoms with Crippen LogP contribution in [-0.2, 0) is 6.54 Å². The van der Waals surface area contributed by atoms with Crippen molar-refractivity contribution < 1.29 is 13.5 Å². The van der Waals surface area contributed by atoms with Gasteiger partial charge in [0.15, 0.2) is 0 Å². The molecular weight excluding hydrogens is 336 g/mol. The summed E-state index contributed by atoms with van der Waals surface area (Å²) >= 11 is 0. The highest BCUT2D eigenvalue weighted by molar-refractivity contribution is 5.54. The molecule has 0 spiro atoms. The Bertz CT molecular complexity index is 846. The third kappa shape index (κ3) is 3.55. The first-order valence-electron chi connectivity index (χ1n) is 8.54. The van der Waals surface area contributed by atoms with Crippen LogP contribution in [0.1, 0.15) is 23.7 Å².